The first-order valence-electron chi connectivity index (χ1n) is 8.86. The lowest BCUT2D eigenvalue weighted by Crippen LogP contribution is -2.27. The van der Waals surface area contributed by atoms with Crippen LogP contribution < -0.4 is 4.74 Å². The molecular formula is C20H27NOS. The maximum Gasteiger partial charge on any atom is 0.119 e. The Kier molecular flexibility index (Phi) is 6.12. The van der Waals surface area contributed by atoms with Crippen molar-refractivity contribution in [1.29, 1.82) is 0 Å². The highest BCUT2D eigenvalue weighted by molar-refractivity contribution is 7.10. The van der Waals surface area contributed by atoms with E-state index in [0.717, 1.165) is 25.3 Å². The highest BCUT2D eigenvalue weighted by atomic mass is 32.1. The van der Waals surface area contributed by atoms with Gasteiger partial charge in [0.25, 0.3) is 0 Å². The van der Waals surface area contributed by atoms with Crippen LogP contribution in [0.3, 0.4) is 0 Å². The lowest BCUT2D eigenvalue weighted by molar-refractivity contribution is 0.195. The SMILES string of the molecule is CCCOc1ccc(CN2CCCCCC2c2cccs2)cc1. The molecule has 1 aliphatic heterocycles. The number of rotatable bonds is 6. The van der Waals surface area contributed by atoms with Crippen molar-refractivity contribution in [3.63, 3.8) is 0 Å². The summed E-state index contributed by atoms with van der Waals surface area (Å²) in [5.41, 5.74) is 1.39. The van der Waals surface area contributed by atoms with Crippen LogP contribution in [0, 0.1) is 0 Å². The molecule has 1 aliphatic rings. The molecule has 0 spiro atoms. The van der Waals surface area contributed by atoms with Gasteiger partial charge in [0.2, 0.25) is 0 Å². The number of benzene rings is 1. The minimum absolute atomic E-state index is 0.591. The second-order valence-corrected chi connectivity index (χ2v) is 7.32. The summed E-state index contributed by atoms with van der Waals surface area (Å²) in [7, 11) is 0. The summed E-state index contributed by atoms with van der Waals surface area (Å²) in [5.74, 6) is 0.987. The van der Waals surface area contributed by atoms with Crippen molar-refractivity contribution in [3.8, 4) is 5.75 Å². The summed E-state index contributed by atoms with van der Waals surface area (Å²) in [6.07, 6.45) is 6.38. The Labute approximate surface area is 144 Å². The minimum atomic E-state index is 0.591. The van der Waals surface area contributed by atoms with Crippen molar-refractivity contribution in [2.24, 2.45) is 0 Å². The molecule has 1 unspecified atom stereocenters. The maximum absolute atomic E-state index is 5.69. The second-order valence-electron chi connectivity index (χ2n) is 6.34. The van der Waals surface area contributed by atoms with Gasteiger partial charge in [0.1, 0.15) is 5.75 Å². The molecule has 0 aliphatic carbocycles. The maximum atomic E-state index is 5.69. The lowest BCUT2D eigenvalue weighted by atomic mass is 10.1. The molecule has 124 valence electrons. The molecule has 1 aromatic carbocycles. The van der Waals surface area contributed by atoms with Gasteiger partial charge in [0.15, 0.2) is 0 Å². The van der Waals surface area contributed by atoms with Gasteiger partial charge in [0, 0.05) is 17.5 Å². The molecule has 0 saturated carbocycles. The van der Waals surface area contributed by atoms with Crippen molar-refractivity contribution < 1.29 is 4.74 Å². The molecule has 1 fully saturated rings. The van der Waals surface area contributed by atoms with Crippen LogP contribution in [0.1, 0.15) is 55.5 Å². The molecular weight excluding hydrogens is 302 g/mol. The molecule has 3 rings (SSSR count). The van der Waals surface area contributed by atoms with E-state index >= 15 is 0 Å². The monoisotopic (exact) mass is 329 g/mol. The fraction of sp³-hybridized carbons (Fsp3) is 0.500. The number of likely N-dealkylation sites (tertiary alicyclic amines) is 1. The Morgan fingerprint density at radius 2 is 2.00 bits per heavy atom. The molecule has 2 heterocycles. The predicted octanol–water partition coefficient (Wildman–Crippen LogP) is 5.65. The van der Waals surface area contributed by atoms with Gasteiger partial charge < -0.3 is 4.74 Å². The van der Waals surface area contributed by atoms with E-state index in [4.69, 9.17) is 4.74 Å². The van der Waals surface area contributed by atoms with E-state index in [9.17, 15) is 0 Å². The van der Waals surface area contributed by atoms with Crippen LogP contribution in [0.5, 0.6) is 5.75 Å². The molecule has 1 saturated heterocycles. The van der Waals surface area contributed by atoms with E-state index in [1.54, 1.807) is 0 Å². The Bertz CT molecular complexity index is 564. The first kappa shape index (κ1) is 16.5. The first-order valence-corrected chi connectivity index (χ1v) is 9.74. The molecule has 3 heteroatoms. The molecule has 0 N–H and O–H groups in total. The quantitative estimate of drug-likeness (QED) is 0.678. The van der Waals surface area contributed by atoms with Crippen LogP contribution in [-0.4, -0.2) is 18.1 Å². The van der Waals surface area contributed by atoms with Crippen molar-refractivity contribution in [2.45, 2.75) is 51.6 Å². The fourth-order valence-electron chi connectivity index (χ4n) is 3.31. The smallest absolute Gasteiger partial charge is 0.119 e. The van der Waals surface area contributed by atoms with E-state index in [0.29, 0.717) is 6.04 Å². The summed E-state index contributed by atoms with van der Waals surface area (Å²) in [6.45, 7) is 5.18. The molecule has 0 amide bonds. The molecule has 1 atom stereocenters. The van der Waals surface area contributed by atoms with Gasteiger partial charge in [-0.05, 0) is 54.9 Å². The number of nitrogens with zero attached hydrogens (tertiary/aromatic N) is 1. The Hall–Kier alpha value is -1.32. The van der Waals surface area contributed by atoms with E-state index in [1.165, 1.54) is 42.7 Å². The topological polar surface area (TPSA) is 12.5 Å². The Balaban J connectivity index is 1.68. The summed E-state index contributed by atoms with van der Waals surface area (Å²) < 4.78 is 5.69. The zero-order chi connectivity index (χ0) is 15.9. The fourth-order valence-corrected chi connectivity index (χ4v) is 4.20. The average Bonchev–Trinajstić information content (AvgIpc) is 3.01. The van der Waals surface area contributed by atoms with E-state index < -0.39 is 0 Å². The van der Waals surface area contributed by atoms with Gasteiger partial charge in [-0.15, -0.1) is 11.3 Å². The number of ether oxygens (including phenoxy) is 1. The van der Waals surface area contributed by atoms with Crippen molar-refractivity contribution in [2.75, 3.05) is 13.2 Å². The normalized spacial score (nSPS) is 19.4. The Morgan fingerprint density at radius 3 is 2.74 bits per heavy atom. The van der Waals surface area contributed by atoms with Crippen LogP contribution in [0.4, 0.5) is 0 Å². The van der Waals surface area contributed by atoms with Gasteiger partial charge in [0.05, 0.1) is 6.61 Å². The second kappa shape index (κ2) is 8.51. The molecule has 23 heavy (non-hydrogen) atoms. The highest BCUT2D eigenvalue weighted by Crippen LogP contribution is 2.33. The summed E-state index contributed by atoms with van der Waals surface area (Å²) >= 11 is 1.90. The zero-order valence-corrected chi connectivity index (χ0v) is 14.9. The van der Waals surface area contributed by atoms with E-state index in [2.05, 4.69) is 53.6 Å². The van der Waals surface area contributed by atoms with Gasteiger partial charge >= 0.3 is 0 Å². The standard InChI is InChI=1S/C20H27NOS/c1-2-14-22-18-11-9-17(10-12-18)16-21-13-5-3-4-7-19(21)20-8-6-15-23-20/h6,8-12,15,19H,2-5,7,13-14,16H2,1H3. The molecule has 0 radical (unpaired) electrons. The summed E-state index contributed by atoms with van der Waals surface area (Å²) in [6, 6.07) is 13.8. The average molecular weight is 330 g/mol. The third-order valence-corrected chi connectivity index (χ3v) is 5.49. The van der Waals surface area contributed by atoms with Crippen molar-refractivity contribution in [3.05, 3.63) is 52.2 Å². The van der Waals surface area contributed by atoms with Crippen LogP contribution in [0.25, 0.3) is 0 Å². The van der Waals surface area contributed by atoms with Gasteiger partial charge in [-0.2, -0.15) is 0 Å². The van der Waals surface area contributed by atoms with Crippen LogP contribution in [0.15, 0.2) is 41.8 Å². The Morgan fingerprint density at radius 1 is 1.13 bits per heavy atom. The summed E-state index contributed by atoms with van der Waals surface area (Å²) in [5, 5.41) is 2.21. The predicted molar refractivity (Wildman–Crippen MR) is 98.2 cm³/mol. The number of hydrogen-bond acceptors (Lipinski definition) is 3. The molecule has 2 nitrogen and oxygen atoms in total. The zero-order valence-electron chi connectivity index (χ0n) is 14.0. The molecule has 2 aromatic rings. The van der Waals surface area contributed by atoms with Crippen LogP contribution >= 0.6 is 11.3 Å². The lowest BCUT2D eigenvalue weighted by Gasteiger charge is -2.29. The third-order valence-electron chi connectivity index (χ3n) is 4.52. The van der Waals surface area contributed by atoms with Crippen molar-refractivity contribution >= 4 is 11.3 Å². The third kappa shape index (κ3) is 4.58. The largest absolute Gasteiger partial charge is 0.494 e. The summed E-state index contributed by atoms with van der Waals surface area (Å²) in [4.78, 5) is 4.19. The molecule has 1 aromatic heterocycles. The number of hydrogen-bond donors (Lipinski definition) is 0. The minimum Gasteiger partial charge on any atom is -0.494 e. The highest BCUT2D eigenvalue weighted by Gasteiger charge is 2.23. The van der Waals surface area contributed by atoms with Crippen molar-refractivity contribution in [1.82, 2.24) is 4.90 Å². The van der Waals surface area contributed by atoms with Gasteiger partial charge in [-0.25, -0.2) is 0 Å². The first-order chi connectivity index (χ1) is 11.4. The van der Waals surface area contributed by atoms with Gasteiger partial charge in [-0.1, -0.05) is 38.0 Å². The van der Waals surface area contributed by atoms with E-state index in [-0.39, 0.29) is 0 Å². The van der Waals surface area contributed by atoms with Crippen LogP contribution in [-0.2, 0) is 6.54 Å². The van der Waals surface area contributed by atoms with Crippen LogP contribution in [0.2, 0.25) is 0 Å². The molecule has 0 bridgehead atoms. The van der Waals surface area contributed by atoms with Gasteiger partial charge in [-0.3, -0.25) is 4.90 Å². The van der Waals surface area contributed by atoms with E-state index in [1.807, 2.05) is 11.3 Å². The number of thiophene rings is 1.